The number of nitrogens with zero attached hydrogens (tertiary/aromatic N) is 1. The van der Waals surface area contributed by atoms with Crippen molar-refractivity contribution in [1.82, 2.24) is 16.0 Å². The van der Waals surface area contributed by atoms with E-state index in [0.29, 0.717) is 0 Å². The lowest BCUT2D eigenvalue weighted by Gasteiger charge is -2.37. The maximum Gasteiger partial charge on any atom is 0.322 e. The smallest absolute Gasteiger partial charge is 0.322 e. The lowest BCUT2D eigenvalue weighted by Crippen LogP contribution is -2.61. The zero-order valence-corrected chi connectivity index (χ0v) is 15.5. The molecule has 9 heteroatoms. The molecule has 1 aromatic carbocycles. The van der Waals surface area contributed by atoms with Crippen LogP contribution in [0.3, 0.4) is 0 Å². The van der Waals surface area contributed by atoms with Gasteiger partial charge in [-0.15, -0.1) is 0 Å². The third-order valence-corrected chi connectivity index (χ3v) is 5.20. The molecule has 0 radical (unpaired) electrons. The van der Waals surface area contributed by atoms with Gasteiger partial charge < -0.3 is 10.6 Å². The quantitative estimate of drug-likeness (QED) is 0.276. The van der Waals surface area contributed by atoms with Gasteiger partial charge in [-0.3, -0.25) is 25.7 Å². The lowest BCUT2D eigenvalue weighted by molar-refractivity contribution is -0.126. The second-order valence-electron chi connectivity index (χ2n) is 7.05. The summed E-state index contributed by atoms with van der Waals surface area (Å²) in [4.78, 5) is 36.5. The zero-order chi connectivity index (χ0) is 20.0. The number of hydrogen-bond acceptors (Lipinski definition) is 6. The summed E-state index contributed by atoms with van der Waals surface area (Å²) in [5, 5.41) is 19.3. The third kappa shape index (κ3) is 4.36. The van der Waals surface area contributed by atoms with Crippen molar-refractivity contribution in [2.24, 2.45) is 11.0 Å². The molecule has 28 heavy (non-hydrogen) atoms. The SMILES string of the molecule is N=C(/C=N\Nc1ccccc1)C(=O)NCC1(C2CCCCC2)NC(=O)NC1=O. The highest BCUT2D eigenvalue weighted by Crippen LogP contribution is 2.34. The van der Waals surface area contributed by atoms with E-state index in [2.05, 4.69) is 26.5 Å². The molecule has 0 aromatic heterocycles. The number of nitrogens with one attached hydrogen (secondary N) is 5. The van der Waals surface area contributed by atoms with Crippen LogP contribution in [0.1, 0.15) is 32.1 Å². The number of carbonyl (C=O) groups is 3. The number of imide groups is 1. The average Bonchev–Trinajstić information content (AvgIpc) is 3.01. The second-order valence-corrected chi connectivity index (χ2v) is 7.05. The van der Waals surface area contributed by atoms with Crippen LogP contribution in [0.5, 0.6) is 0 Å². The number of anilines is 1. The molecule has 1 saturated heterocycles. The molecule has 9 nitrogen and oxygen atoms in total. The van der Waals surface area contributed by atoms with E-state index in [1.807, 2.05) is 18.2 Å². The molecule has 0 bridgehead atoms. The van der Waals surface area contributed by atoms with Gasteiger partial charge in [-0.1, -0.05) is 37.5 Å². The van der Waals surface area contributed by atoms with Crippen LogP contribution < -0.4 is 21.4 Å². The van der Waals surface area contributed by atoms with Crippen LogP contribution in [0.2, 0.25) is 0 Å². The normalized spacial score (nSPS) is 22.6. The van der Waals surface area contributed by atoms with Gasteiger partial charge in [0.1, 0.15) is 11.3 Å². The first kappa shape index (κ1) is 19.5. The third-order valence-electron chi connectivity index (χ3n) is 5.20. The van der Waals surface area contributed by atoms with Gasteiger partial charge in [0.2, 0.25) is 0 Å². The van der Waals surface area contributed by atoms with E-state index in [9.17, 15) is 14.4 Å². The van der Waals surface area contributed by atoms with E-state index in [0.717, 1.165) is 44.0 Å². The number of carbonyl (C=O) groups excluding carboxylic acids is 3. The Kier molecular flexibility index (Phi) is 6.03. The zero-order valence-electron chi connectivity index (χ0n) is 15.5. The number of amides is 4. The molecule has 1 aliphatic carbocycles. The van der Waals surface area contributed by atoms with Crippen molar-refractivity contribution in [1.29, 1.82) is 5.41 Å². The molecule has 1 aromatic rings. The molecule has 1 atom stereocenters. The van der Waals surface area contributed by atoms with E-state index >= 15 is 0 Å². The summed E-state index contributed by atoms with van der Waals surface area (Å²) in [6.45, 7) is -0.0591. The standard InChI is InChI=1S/C19H24N6O3/c20-15(11-22-25-14-9-5-2-6-10-14)16(26)21-12-19(13-7-3-1-4-8-13)17(27)23-18(28)24-19/h2,5-6,9-11,13,20,25H,1,3-4,7-8,12H2,(H,21,26)(H2,23,24,27,28)/b20-15?,22-11-. The maximum atomic E-state index is 12.5. The van der Waals surface area contributed by atoms with Crippen molar-refractivity contribution in [2.75, 3.05) is 12.0 Å². The van der Waals surface area contributed by atoms with Gasteiger partial charge in [-0.25, -0.2) is 4.79 Å². The Hall–Kier alpha value is -3.23. The highest BCUT2D eigenvalue weighted by Gasteiger charge is 2.51. The van der Waals surface area contributed by atoms with E-state index in [1.54, 1.807) is 12.1 Å². The summed E-state index contributed by atoms with van der Waals surface area (Å²) in [6.07, 6.45) is 5.79. The molecule has 1 aliphatic heterocycles. The number of rotatable bonds is 7. The first-order valence-electron chi connectivity index (χ1n) is 9.36. The first-order valence-corrected chi connectivity index (χ1v) is 9.36. The number of hydrogen-bond donors (Lipinski definition) is 5. The number of hydrazone groups is 1. The number of benzene rings is 1. The van der Waals surface area contributed by atoms with E-state index < -0.39 is 23.4 Å². The topological polar surface area (TPSA) is 136 Å². The highest BCUT2D eigenvalue weighted by atomic mass is 16.2. The van der Waals surface area contributed by atoms with Gasteiger partial charge in [0.05, 0.1) is 18.4 Å². The average molecular weight is 384 g/mol. The Labute approximate surface area is 162 Å². The molecule has 2 aliphatic rings. The Bertz CT molecular complexity index is 788. The van der Waals surface area contributed by atoms with E-state index in [4.69, 9.17) is 5.41 Å². The van der Waals surface area contributed by atoms with Crippen molar-refractivity contribution in [3.63, 3.8) is 0 Å². The Morgan fingerprint density at radius 2 is 1.93 bits per heavy atom. The minimum atomic E-state index is -1.16. The highest BCUT2D eigenvalue weighted by molar-refractivity contribution is 6.59. The van der Waals surface area contributed by atoms with Gasteiger partial charge in [-0.05, 0) is 30.9 Å². The first-order chi connectivity index (χ1) is 13.5. The van der Waals surface area contributed by atoms with E-state index in [1.165, 1.54) is 0 Å². The minimum Gasteiger partial charge on any atom is -0.348 e. The minimum absolute atomic E-state index is 0.0457. The summed E-state index contributed by atoms with van der Waals surface area (Å²) in [5.74, 6) is -1.13. The van der Waals surface area contributed by atoms with Crippen molar-refractivity contribution in [3.8, 4) is 0 Å². The molecule has 1 unspecified atom stereocenters. The van der Waals surface area contributed by atoms with Gasteiger partial charge >= 0.3 is 6.03 Å². The molecular weight excluding hydrogens is 360 g/mol. The largest absolute Gasteiger partial charge is 0.348 e. The summed E-state index contributed by atoms with van der Waals surface area (Å²) in [7, 11) is 0. The molecule has 1 heterocycles. The van der Waals surface area contributed by atoms with Crippen molar-refractivity contribution >= 4 is 35.5 Å². The summed E-state index contributed by atoms with van der Waals surface area (Å²) < 4.78 is 0. The van der Waals surface area contributed by atoms with Gasteiger partial charge in [0.25, 0.3) is 11.8 Å². The predicted octanol–water partition coefficient (Wildman–Crippen LogP) is 1.38. The summed E-state index contributed by atoms with van der Waals surface area (Å²) in [6, 6.07) is 8.59. The summed E-state index contributed by atoms with van der Waals surface area (Å²) in [5.41, 5.74) is 1.94. The van der Waals surface area contributed by atoms with E-state index in [-0.39, 0.29) is 18.2 Å². The van der Waals surface area contributed by atoms with Crippen molar-refractivity contribution in [2.45, 2.75) is 37.6 Å². The Morgan fingerprint density at radius 3 is 2.57 bits per heavy atom. The molecule has 4 amide bonds. The van der Waals surface area contributed by atoms with Gasteiger partial charge in [0, 0.05) is 0 Å². The fraction of sp³-hybridized carbons (Fsp3) is 0.421. The van der Waals surface area contributed by atoms with Crippen LogP contribution >= 0.6 is 0 Å². The van der Waals surface area contributed by atoms with Crippen LogP contribution in [0.25, 0.3) is 0 Å². The molecule has 0 spiro atoms. The summed E-state index contributed by atoms with van der Waals surface area (Å²) >= 11 is 0. The molecule has 5 N–H and O–H groups in total. The Balaban J connectivity index is 1.59. The van der Waals surface area contributed by atoms with Crippen molar-refractivity contribution in [3.05, 3.63) is 30.3 Å². The Morgan fingerprint density at radius 1 is 1.21 bits per heavy atom. The second kappa shape index (κ2) is 8.64. The number of urea groups is 1. The molecule has 3 rings (SSSR count). The molecule has 2 fully saturated rings. The van der Waals surface area contributed by atoms with Crippen LogP contribution in [0.15, 0.2) is 35.4 Å². The van der Waals surface area contributed by atoms with Gasteiger partial charge in [0.15, 0.2) is 0 Å². The maximum absolute atomic E-state index is 12.5. The van der Waals surface area contributed by atoms with Gasteiger partial charge in [-0.2, -0.15) is 5.10 Å². The molecular formula is C19H24N6O3. The predicted molar refractivity (Wildman–Crippen MR) is 105 cm³/mol. The molecule has 148 valence electrons. The van der Waals surface area contributed by atoms with Crippen molar-refractivity contribution < 1.29 is 14.4 Å². The van der Waals surface area contributed by atoms with Crippen LogP contribution in [0, 0.1) is 11.3 Å². The van der Waals surface area contributed by atoms with Crippen LogP contribution in [0.4, 0.5) is 10.5 Å². The fourth-order valence-corrected chi connectivity index (χ4v) is 3.71. The molecule has 1 saturated carbocycles. The number of para-hydroxylation sites is 1. The lowest BCUT2D eigenvalue weighted by atomic mass is 9.74. The fourth-order valence-electron chi connectivity index (χ4n) is 3.71. The van der Waals surface area contributed by atoms with Crippen LogP contribution in [-0.2, 0) is 9.59 Å². The monoisotopic (exact) mass is 384 g/mol. The van der Waals surface area contributed by atoms with Crippen LogP contribution in [-0.4, -0.2) is 41.9 Å².